The van der Waals surface area contributed by atoms with E-state index in [0.717, 1.165) is 0 Å². The molecule has 0 aliphatic rings. The van der Waals surface area contributed by atoms with E-state index < -0.39 is 0 Å². The van der Waals surface area contributed by atoms with E-state index in [4.69, 9.17) is 16.3 Å². The fourth-order valence-corrected chi connectivity index (χ4v) is 2.28. The van der Waals surface area contributed by atoms with Gasteiger partial charge in [-0.3, -0.25) is 4.79 Å². The summed E-state index contributed by atoms with van der Waals surface area (Å²) in [5.74, 6) is 0.0280. The summed E-state index contributed by atoms with van der Waals surface area (Å²) < 4.78 is 5.13. The summed E-state index contributed by atoms with van der Waals surface area (Å²) >= 11 is 5.85. The van der Waals surface area contributed by atoms with Crippen LogP contribution in [0, 0.1) is 0 Å². The van der Waals surface area contributed by atoms with Gasteiger partial charge in [-0.2, -0.15) is 5.10 Å². The third-order valence-corrected chi connectivity index (χ3v) is 3.46. The Labute approximate surface area is 145 Å². The predicted molar refractivity (Wildman–Crippen MR) is 95.1 cm³/mol. The molecule has 0 saturated carbocycles. The zero-order chi connectivity index (χ0) is 17.5. The van der Waals surface area contributed by atoms with Gasteiger partial charge in [-0.05, 0) is 42.3 Å². The van der Waals surface area contributed by atoms with Gasteiger partial charge >= 0.3 is 0 Å². The quantitative estimate of drug-likeness (QED) is 0.478. The lowest BCUT2D eigenvalue weighted by Crippen LogP contribution is -2.17. The first-order valence-corrected chi connectivity index (χ1v) is 7.52. The summed E-state index contributed by atoms with van der Waals surface area (Å²) in [4.78, 5) is 12.0. The predicted octanol–water partition coefficient (Wildman–Crippen LogP) is 3.55. The number of methoxy groups -OCH3 is 1. The van der Waals surface area contributed by atoms with Crippen molar-refractivity contribution in [2.45, 2.75) is 6.42 Å². The van der Waals surface area contributed by atoms with Crippen LogP contribution in [-0.4, -0.2) is 24.3 Å². The zero-order valence-electron chi connectivity index (χ0n) is 13.1. The molecule has 1 amide bonds. The molecule has 2 N–H and O–H groups in total. The molecule has 2 aromatic carbocycles. The van der Waals surface area contributed by atoms with Crippen LogP contribution >= 0.6 is 11.6 Å². The maximum Gasteiger partial charge on any atom is 0.271 e. The molecule has 6 heteroatoms. The molecular weight excluding hydrogens is 328 g/mol. The summed E-state index contributed by atoms with van der Waals surface area (Å²) in [5, 5.41) is 14.4. The number of phenolic OH excluding ortho intramolecular Hbond substituents is 1. The van der Waals surface area contributed by atoms with Crippen LogP contribution in [0.15, 0.2) is 54.2 Å². The third kappa shape index (κ3) is 4.36. The maximum atomic E-state index is 12.0. The lowest BCUT2D eigenvalue weighted by atomic mass is 10.1. The number of rotatable bonds is 6. The van der Waals surface area contributed by atoms with Crippen LogP contribution in [0.3, 0.4) is 0 Å². The van der Waals surface area contributed by atoms with E-state index >= 15 is 0 Å². The minimum atomic E-state index is -0.370. The molecule has 2 aromatic rings. The van der Waals surface area contributed by atoms with Gasteiger partial charge in [0.15, 0.2) is 11.5 Å². The number of carbonyl (C=O) groups is 1. The summed E-state index contributed by atoms with van der Waals surface area (Å²) in [6.45, 7) is 3.65. The first-order valence-electron chi connectivity index (χ1n) is 7.15. The number of nitrogens with zero attached hydrogens (tertiary/aromatic N) is 1. The molecule has 0 unspecified atom stereocenters. The number of phenols is 1. The van der Waals surface area contributed by atoms with Crippen molar-refractivity contribution in [2.24, 2.45) is 5.10 Å². The van der Waals surface area contributed by atoms with Crippen molar-refractivity contribution in [1.82, 2.24) is 5.43 Å². The van der Waals surface area contributed by atoms with Crippen molar-refractivity contribution < 1.29 is 14.6 Å². The van der Waals surface area contributed by atoms with Gasteiger partial charge in [-0.15, -0.1) is 6.58 Å². The van der Waals surface area contributed by atoms with Crippen LogP contribution in [0.25, 0.3) is 0 Å². The van der Waals surface area contributed by atoms with Crippen LogP contribution < -0.4 is 10.2 Å². The number of aromatic hydroxyl groups is 1. The smallest absolute Gasteiger partial charge is 0.271 e. The number of hydrogen-bond donors (Lipinski definition) is 2. The molecule has 2 rings (SSSR count). The summed E-state index contributed by atoms with van der Waals surface area (Å²) in [7, 11) is 1.47. The summed E-state index contributed by atoms with van der Waals surface area (Å²) in [5.41, 5.74) is 4.17. The van der Waals surface area contributed by atoms with Crippen molar-refractivity contribution in [3.63, 3.8) is 0 Å². The Morgan fingerprint density at radius 3 is 2.88 bits per heavy atom. The lowest BCUT2D eigenvalue weighted by molar-refractivity contribution is 0.0955. The van der Waals surface area contributed by atoms with Crippen molar-refractivity contribution in [3.05, 3.63) is 70.8 Å². The van der Waals surface area contributed by atoms with Crippen LogP contribution in [0.1, 0.15) is 21.5 Å². The molecule has 0 aromatic heterocycles. The number of halogens is 1. The van der Waals surface area contributed by atoms with Gasteiger partial charge in [-0.1, -0.05) is 23.7 Å². The molecule has 124 valence electrons. The normalized spacial score (nSPS) is 10.6. The maximum absolute atomic E-state index is 12.0. The number of hydrogen-bond acceptors (Lipinski definition) is 4. The Bertz CT molecular complexity index is 788. The summed E-state index contributed by atoms with van der Waals surface area (Å²) in [6, 6.07) is 9.94. The zero-order valence-corrected chi connectivity index (χ0v) is 13.9. The second-order valence-corrected chi connectivity index (χ2v) is 5.37. The Balaban J connectivity index is 2.15. The van der Waals surface area contributed by atoms with Gasteiger partial charge in [0.2, 0.25) is 0 Å². The molecular formula is C18H17ClN2O3. The topological polar surface area (TPSA) is 70.9 Å². The average molecular weight is 345 g/mol. The third-order valence-electron chi connectivity index (χ3n) is 3.23. The van der Waals surface area contributed by atoms with Crippen LogP contribution in [0.5, 0.6) is 11.5 Å². The van der Waals surface area contributed by atoms with Gasteiger partial charge < -0.3 is 9.84 Å². The van der Waals surface area contributed by atoms with Crippen molar-refractivity contribution in [3.8, 4) is 11.5 Å². The lowest BCUT2D eigenvalue weighted by Gasteiger charge is -2.09. The highest BCUT2D eigenvalue weighted by Gasteiger charge is 2.09. The van der Waals surface area contributed by atoms with Gasteiger partial charge in [0.05, 0.1) is 13.3 Å². The fourth-order valence-electron chi connectivity index (χ4n) is 2.09. The van der Waals surface area contributed by atoms with E-state index in [2.05, 4.69) is 17.1 Å². The Morgan fingerprint density at radius 2 is 2.21 bits per heavy atom. The second-order valence-electron chi connectivity index (χ2n) is 4.93. The monoisotopic (exact) mass is 344 g/mol. The molecule has 0 saturated heterocycles. The number of carbonyl (C=O) groups excluding carboxylic acids is 1. The number of amides is 1. The molecule has 5 nitrogen and oxygen atoms in total. The van der Waals surface area contributed by atoms with Gasteiger partial charge in [0.25, 0.3) is 5.91 Å². The Hall–Kier alpha value is -2.79. The molecule has 0 spiro atoms. The van der Waals surface area contributed by atoms with Crippen LogP contribution in [0.2, 0.25) is 5.02 Å². The average Bonchev–Trinajstić information content (AvgIpc) is 2.57. The minimum absolute atomic E-state index is 0.0671. The molecule has 0 heterocycles. The van der Waals surface area contributed by atoms with Crippen molar-refractivity contribution >= 4 is 23.7 Å². The number of ether oxygens (including phenoxy) is 1. The summed E-state index contributed by atoms with van der Waals surface area (Å²) in [6.07, 6.45) is 3.63. The van der Waals surface area contributed by atoms with Crippen LogP contribution in [-0.2, 0) is 6.42 Å². The molecule has 24 heavy (non-hydrogen) atoms. The number of benzene rings is 2. The van der Waals surface area contributed by atoms with Gasteiger partial charge in [0.1, 0.15) is 0 Å². The van der Waals surface area contributed by atoms with E-state index in [1.807, 2.05) is 0 Å². The van der Waals surface area contributed by atoms with E-state index in [1.165, 1.54) is 13.3 Å². The van der Waals surface area contributed by atoms with Crippen molar-refractivity contribution in [2.75, 3.05) is 7.11 Å². The highest BCUT2D eigenvalue weighted by atomic mass is 35.5. The van der Waals surface area contributed by atoms with E-state index in [9.17, 15) is 9.90 Å². The highest BCUT2D eigenvalue weighted by molar-refractivity contribution is 6.30. The first kappa shape index (κ1) is 17.6. The van der Waals surface area contributed by atoms with Gasteiger partial charge in [-0.25, -0.2) is 5.43 Å². The van der Waals surface area contributed by atoms with E-state index in [0.29, 0.717) is 33.9 Å². The van der Waals surface area contributed by atoms with Gasteiger partial charge in [0, 0.05) is 16.1 Å². The first-order chi connectivity index (χ1) is 11.5. The minimum Gasteiger partial charge on any atom is -0.504 e. The number of nitrogens with one attached hydrogen (secondary N) is 1. The largest absolute Gasteiger partial charge is 0.504 e. The molecule has 0 fully saturated rings. The van der Waals surface area contributed by atoms with E-state index in [-0.39, 0.29) is 11.7 Å². The van der Waals surface area contributed by atoms with E-state index in [1.54, 1.807) is 42.5 Å². The molecule has 0 radical (unpaired) electrons. The molecule has 0 bridgehead atoms. The molecule has 0 atom stereocenters. The fraction of sp³-hybridized carbons (Fsp3) is 0.111. The SMILES string of the molecule is C=CCc1cc(/C=N/NC(=O)c2cccc(Cl)c2)cc(OC)c1O. The van der Waals surface area contributed by atoms with Crippen LogP contribution in [0.4, 0.5) is 0 Å². The second kappa shape index (κ2) is 8.17. The number of allylic oxidation sites excluding steroid dienone is 1. The molecule has 0 aliphatic carbocycles. The molecule has 0 aliphatic heterocycles. The Morgan fingerprint density at radius 1 is 1.42 bits per heavy atom. The van der Waals surface area contributed by atoms with Crippen molar-refractivity contribution in [1.29, 1.82) is 0 Å². The highest BCUT2D eigenvalue weighted by Crippen LogP contribution is 2.31. The standard InChI is InChI=1S/C18H17ClN2O3/c1-3-5-13-8-12(9-16(24-2)17(13)22)11-20-21-18(23)14-6-4-7-15(19)10-14/h3-4,6-11,22H,1,5H2,2H3,(H,21,23)/b20-11+. The Kier molecular flexibility index (Phi) is 5.98. The number of hydrazone groups is 1.